The van der Waals surface area contributed by atoms with Gasteiger partial charge in [-0.05, 0) is 30.3 Å². The number of carbonyl (C=O) groups excluding carboxylic acids is 1. The summed E-state index contributed by atoms with van der Waals surface area (Å²) in [6.07, 6.45) is 0. The first-order valence-electron chi connectivity index (χ1n) is 8.26. The highest BCUT2D eigenvalue weighted by Crippen LogP contribution is 2.25. The van der Waals surface area contributed by atoms with E-state index in [0.29, 0.717) is 21.6 Å². The molecule has 2 aromatic rings. The summed E-state index contributed by atoms with van der Waals surface area (Å²) >= 11 is 11.9. The van der Waals surface area contributed by atoms with Crippen molar-refractivity contribution < 1.29 is 9.53 Å². The number of nitrogens with one attached hydrogen (secondary N) is 2. The van der Waals surface area contributed by atoms with Crippen molar-refractivity contribution >= 4 is 40.6 Å². The van der Waals surface area contributed by atoms with Gasteiger partial charge in [0.05, 0.1) is 23.9 Å². The zero-order chi connectivity index (χ0) is 18.4. The lowest BCUT2D eigenvalue weighted by molar-refractivity contribution is 0.0398. The number of halogens is 2. The molecule has 7 nitrogen and oxygen atoms in total. The van der Waals surface area contributed by atoms with Gasteiger partial charge in [0.15, 0.2) is 5.69 Å². The van der Waals surface area contributed by atoms with Crippen molar-refractivity contribution in [1.29, 1.82) is 0 Å². The van der Waals surface area contributed by atoms with Gasteiger partial charge in [0.1, 0.15) is 5.82 Å². The van der Waals surface area contributed by atoms with Gasteiger partial charge in [-0.1, -0.05) is 23.2 Å². The van der Waals surface area contributed by atoms with Crippen LogP contribution in [0.3, 0.4) is 0 Å². The van der Waals surface area contributed by atoms with Crippen molar-refractivity contribution in [3.05, 3.63) is 46.1 Å². The maximum absolute atomic E-state index is 12.2. The fourth-order valence-corrected chi connectivity index (χ4v) is 2.95. The molecule has 0 aliphatic carbocycles. The summed E-state index contributed by atoms with van der Waals surface area (Å²) in [5.41, 5.74) is 0.672. The lowest BCUT2D eigenvalue weighted by Crippen LogP contribution is -2.39. The van der Waals surface area contributed by atoms with Crippen molar-refractivity contribution in [2.24, 2.45) is 0 Å². The molecular formula is C17H19Cl2N5O2. The van der Waals surface area contributed by atoms with Gasteiger partial charge < -0.3 is 15.4 Å². The fraction of sp³-hybridized carbons (Fsp3) is 0.353. The van der Waals surface area contributed by atoms with E-state index in [0.717, 1.165) is 39.4 Å². The van der Waals surface area contributed by atoms with Gasteiger partial charge in [-0.2, -0.15) is 0 Å². The topological polar surface area (TPSA) is 79.4 Å². The van der Waals surface area contributed by atoms with Crippen molar-refractivity contribution in [1.82, 2.24) is 15.1 Å². The highest BCUT2D eigenvalue weighted by Gasteiger charge is 2.12. The van der Waals surface area contributed by atoms with E-state index in [1.165, 1.54) is 0 Å². The minimum Gasteiger partial charge on any atom is -0.379 e. The van der Waals surface area contributed by atoms with Crippen LogP contribution in [0.25, 0.3) is 0 Å². The molecule has 0 bridgehead atoms. The number of rotatable bonds is 6. The number of hydrogen-bond acceptors (Lipinski definition) is 6. The van der Waals surface area contributed by atoms with Crippen LogP contribution in [0.1, 0.15) is 10.5 Å². The number of nitrogens with zero attached hydrogens (tertiary/aromatic N) is 3. The van der Waals surface area contributed by atoms with Crippen molar-refractivity contribution in [2.45, 2.75) is 0 Å². The third-order valence-corrected chi connectivity index (χ3v) is 4.46. The normalized spacial score (nSPS) is 14.8. The number of aromatic nitrogens is 2. The number of ether oxygens (including phenoxy) is 1. The summed E-state index contributed by atoms with van der Waals surface area (Å²) in [7, 11) is 0. The number of anilines is 2. The highest BCUT2D eigenvalue weighted by molar-refractivity contribution is 6.36. The van der Waals surface area contributed by atoms with Gasteiger partial charge in [0, 0.05) is 31.2 Å². The van der Waals surface area contributed by atoms with Crippen LogP contribution in [-0.2, 0) is 4.74 Å². The monoisotopic (exact) mass is 395 g/mol. The molecule has 0 spiro atoms. The summed E-state index contributed by atoms with van der Waals surface area (Å²) in [5.74, 6) is 0.237. The zero-order valence-corrected chi connectivity index (χ0v) is 15.6. The Bertz CT molecular complexity index is 751. The number of hydrogen-bond donors (Lipinski definition) is 2. The molecule has 0 radical (unpaired) electrons. The molecule has 0 unspecified atom stereocenters. The van der Waals surface area contributed by atoms with Crippen LogP contribution in [0.15, 0.2) is 30.3 Å². The van der Waals surface area contributed by atoms with Crippen LogP contribution >= 0.6 is 23.2 Å². The number of carbonyl (C=O) groups is 1. The average Bonchev–Trinajstić information content (AvgIpc) is 2.65. The van der Waals surface area contributed by atoms with Crippen LogP contribution in [0, 0.1) is 0 Å². The summed E-state index contributed by atoms with van der Waals surface area (Å²) in [4.78, 5) is 14.6. The number of benzene rings is 1. The zero-order valence-electron chi connectivity index (χ0n) is 14.0. The first-order valence-corrected chi connectivity index (χ1v) is 9.01. The SMILES string of the molecule is O=C(Nc1ccc(Cl)cc1Cl)c1ccc(NCCN2CCOCC2)nn1. The third-order valence-electron chi connectivity index (χ3n) is 3.91. The average molecular weight is 396 g/mol. The summed E-state index contributed by atoms with van der Waals surface area (Å²) in [6.45, 7) is 5.10. The molecule has 1 aromatic carbocycles. The summed E-state index contributed by atoms with van der Waals surface area (Å²) in [6, 6.07) is 8.19. The molecule has 1 fully saturated rings. The predicted molar refractivity (Wildman–Crippen MR) is 102 cm³/mol. The molecule has 0 atom stereocenters. The lowest BCUT2D eigenvalue weighted by Gasteiger charge is -2.26. The van der Waals surface area contributed by atoms with Crippen molar-refractivity contribution in [3.63, 3.8) is 0 Å². The van der Waals surface area contributed by atoms with Gasteiger partial charge in [0.25, 0.3) is 5.91 Å². The molecule has 1 aliphatic heterocycles. The minimum absolute atomic E-state index is 0.203. The lowest BCUT2D eigenvalue weighted by atomic mass is 10.3. The molecular weight excluding hydrogens is 377 g/mol. The molecule has 1 aliphatic rings. The standard InChI is InChI=1S/C17H19Cl2N5O2/c18-12-1-2-14(13(19)11-12)21-17(25)15-3-4-16(23-22-15)20-5-6-24-7-9-26-10-8-24/h1-4,11H,5-10H2,(H,20,23)(H,21,25). The summed E-state index contributed by atoms with van der Waals surface area (Å²) < 4.78 is 5.32. The largest absolute Gasteiger partial charge is 0.379 e. The Morgan fingerprint density at radius 3 is 2.65 bits per heavy atom. The van der Waals surface area contributed by atoms with E-state index in [-0.39, 0.29) is 11.6 Å². The van der Waals surface area contributed by atoms with E-state index in [4.69, 9.17) is 27.9 Å². The number of amides is 1. The van der Waals surface area contributed by atoms with E-state index >= 15 is 0 Å². The molecule has 1 saturated heterocycles. The van der Waals surface area contributed by atoms with E-state index in [9.17, 15) is 4.79 Å². The van der Waals surface area contributed by atoms with Crippen LogP contribution < -0.4 is 10.6 Å². The molecule has 1 amide bonds. The van der Waals surface area contributed by atoms with Gasteiger partial charge >= 0.3 is 0 Å². The molecule has 26 heavy (non-hydrogen) atoms. The van der Waals surface area contributed by atoms with Crippen molar-refractivity contribution in [3.8, 4) is 0 Å². The Morgan fingerprint density at radius 1 is 1.15 bits per heavy atom. The second-order valence-corrected chi connectivity index (χ2v) is 6.61. The van der Waals surface area contributed by atoms with Crippen LogP contribution in [0.2, 0.25) is 10.0 Å². The Balaban J connectivity index is 1.50. The highest BCUT2D eigenvalue weighted by atomic mass is 35.5. The predicted octanol–water partition coefficient (Wildman–Crippen LogP) is 2.78. The number of morpholine rings is 1. The smallest absolute Gasteiger partial charge is 0.276 e. The van der Waals surface area contributed by atoms with E-state index in [2.05, 4.69) is 25.7 Å². The van der Waals surface area contributed by atoms with Gasteiger partial charge in [-0.15, -0.1) is 10.2 Å². The molecule has 2 heterocycles. The van der Waals surface area contributed by atoms with Gasteiger partial charge in [-0.3, -0.25) is 9.69 Å². The van der Waals surface area contributed by atoms with Gasteiger partial charge in [-0.25, -0.2) is 0 Å². The molecule has 0 saturated carbocycles. The fourth-order valence-electron chi connectivity index (χ4n) is 2.49. The molecule has 9 heteroatoms. The Morgan fingerprint density at radius 2 is 1.96 bits per heavy atom. The Labute approximate surface area is 161 Å². The van der Waals surface area contributed by atoms with E-state index < -0.39 is 0 Å². The first-order chi connectivity index (χ1) is 12.6. The first kappa shape index (κ1) is 18.8. The third kappa shape index (κ3) is 5.28. The van der Waals surface area contributed by atoms with E-state index in [1.54, 1.807) is 30.3 Å². The van der Waals surface area contributed by atoms with Gasteiger partial charge in [0.2, 0.25) is 0 Å². The molecule has 2 N–H and O–H groups in total. The van der Waals surface area contributed by atoms with Crippen LogP contribution in [-0.4, -0.2) is 60.4 Å². The maximum Gasteiger partial charge on any atom is 0.276 e. The molecule has 3 rings (SSSR count). The van der Waals surface area contributed by atoms with Crippen LogP contribution in [0.4, 0.5) is 11.5 Å². The summed E-state index contributed by atoms with van der Waals surface area (Å²) in [5, 5.41) is 14.8. The second-order valence-electron chi connectivity index (χ2n) is 5.76. The van der Waals surface area contributed by atoms with E-state index in [1.807, 2.05) is 0 Å². The van der Waals surface area contributed by atoms with Crippen molar-refractivity contribution in [2.75, 3.05) is 50.0 Å². The minimum atomic E-state index is -0.387. The quantitative estimate of drug-likeness (QED) is 0.782. The maximum atomic E-state index is 12.2. The molecule has 138 valence electrons. The Hall–Kier alpha value is -1.93. The second kappa shape index (κ2) is 9.14. The Kier molecular flexibility index (Phi) is 6.62. The molecule has 1 aromatic heterocycles. The van der Waals surface area contributed by atoms with Crippen LogP contribution in [0.5, 0.6) is 0 Å².